The van der Waals surface area contributed by atoms with Crippen LogP contribution in [-0.4, -0.2) is 21.1 Å². The number of hydrogen-bond acceptors (Lipinski definition) is 3. The fourth-order valence-corrected chi connectivity index (χ4v) is 2.93. The van der Waals surface area contributed by atoms with Crippen LogP contribution >= 0.6 is 0 Å². The molecule has 1 atom stereocenters. The topological polar surface area (TPSA) is 55.4 Å². The van der Waals surface area contributed by atoms with Crippen LogP contribution < -0.4 is 9.46 Å². The van der Waals surface area contributed by atoms with Gasteiger partial charge < -0.3 is 4.74 Å². The fraction of sp³-hybridized carbons (Fsp3) is 0.200. The molecule has 112 valence electrons. The monoisotopic (exact) mass is 309 g/mol. The van der Waals surface area contributed by atoms with Crippen molar-refractivity contribution in [3.63, 3.8) is 0 Å². The summed E-state index contributed by atoms with van der Waals surface area (Å²) >= 11 is 0. The van der Waals surface area contributed by atoms with Gasteiger partial charge in [-0.2, -0.15) is 0 Å². The van der Waals surface area contributed by atoms with Crippen LogP contribution in [0.2, 0.25) is 0 Å². The van der Waals surface area contributed by atoms with Crippen LogP contribution in [0.5, 0.6) is 5.75 Å². The first kappa shape index (κ1) is 15.5. The van der Waals surface area contributed by atoms with Crippen molar-refractivity contribution >= 4 is 10.0 Å². The highest BCUT2D eigenvalue weighted by Crippen LogP contribution is 2.14. The number of sulfonamides is 1. The average molecular weight is 309 g/mol. The van der Waals surface area contributed by atoms with E-state index >= 15 is 0 Å². The predicted octanol–water partition coefficient (Wildman–Crippen LogP) is 2.57. The van der Waals surface area contributed by atoms with Gasteiger partial charge in [-0.1, -0.05) is 30.3 Å². The van der Waals surface area contributed by atoms with Crippen LogP contribution in [0.3, 0.4) is 0 Å². The molecular weight excluding hydrogens is 293 g/mol. The maximum Gasteiger partial charge on any atom is 0.243 e. The van der Waals surface area contributed by atoms with Gasteiger partial charge in [0.15, 0.2) is 0 Å². The molecule has 0 radical (unpaired) electrons. The van der Waals surface area contributed by atoms with Gasteiger partial charge in [-0.05, 0) is 31.2 Å². The molecule has 21 heavy (non-hydrogen) atoms. The predicted molar refractivity (Wildman–Crippen MR) is 78.1 cm³/mol. The van der Waals surface area contributed by atoms with Crippen molar-refractivity contribution < 1.29 is 17.5 Å². The van der Waals surface area contributed by atoms with Gasteiger partial charge in [0.05, 0.1) is 0 Å². The molecule has 1 unspecified atom stereocenters. The Hall–Kier alpha value is -1.92. The van der Waals surface area contributed by atoms with E-state index in [2.05, 4.69) is 4.72 Å². The van der Waals surface area contributed by atoms with Crippen LogP contribution in [0.15, 0.2) is 59.5 Å². The summed E-state index contributed by atoms with van der Waals surface area (Å²) in [5.41, 5.74) is 0. The van der Waals surface area contributed by atoms with Crippen molar-refractivity contribution in [3.05, 3.63) is 60.4 Å². The molecule has 0 aliphatic rings. The lowest BCUT2D eigenvalue weighted by Gasteiger charge is -2.15. The largest absolute Gasteiger partial charge is 0.489 e. The average Bonchev–Trinajstić information content (AvgIpc) is 2.47. The molecule has 0 spiro atoms. The third kappa shape index (κ3) is 4.27. The molecular formula is C15H16FNO3S. The first-order chi connectivity index (χ1) is 9.99. The second-order valence-corrected chi connectivity index (χ2v) is 6.26. The molecule has 1 N–H and O–H groups in total. The molecule has 0 saturated carbocycles. The fourth-order valence-electron chi connectivity index (χ4n) is 1.74. The molecule has 2 aromatic rings. The molecule has 0 amide bonds. The Morgan fingerprint density at radius 2 is 1.71 bits per heavy atom. The number of benzene rings is 2. The normalized spacial score (nSPS) is 12.9. The minimum atomic E-state index is -3.88. The lowest BCUT2D eigenvalue weighted by Crippen LogP contribution is -2.34. The Bertz CT molecular complexity index is 689. The van der Waals surface area contributed by atoms with Gasteiger partial charge in [-0.25, -0.2) is 17.5 Å². The van der Waals surface area contributed by atoms with Gasteiger partial charge in [-0.15, -0.1) is 0 Å². The minimum absolute atomic E-state index is 0.0472. The van der Waals surface area contributed by atoms with E-state index in [1.54, 1.807) is 19.1 Å². The van der Waals surface area contributed by atoms with Crippen LogP contribution in [0.4, 0.5) is 4.39 Å². The zero-order chi connectivity index (χ0) is 15.3. The first-order valence-corrected chi connectivity index (χ1v) is 7.93. The van der Waals surface area contributed by atoms with E-state index in [0.29, 0.717) is 5.75 Å². The second-order valence-electron chi connectivity index (χ2n) is 4.52. The summed E-state index contributed by atoms with van der Waals surface area (Å²) < 4.78 is 45.4. The maximum atomic E-state index is 13.5. The number of nitrogens with one attached hydrogen (secondary N) is 1. The summed E-state index contributed by atoms with van der Waals surface area (Å²) in [4.78, 5) is -0.364. The van der Waals surface area contributed by atoms with E-state index in [4.69, 9.17) is 4.74 Å². The molecule has 0 aromatic heterocycles. The Balaban J connectivity index is 1.97. The number of rotatable bonds is 6. The molecule has 4 nitrogen and oxygen atoms in total. The Kier molecular flexibility index (Phi) is 4.93. The zero-order valence-electron chi connectivity index (χ0n) is 11.5. The number of para-hydroxylation sites is 1. The summed E-state index contributed by atoms with van der Waals surface area (Å²) in [6, 6.07) is 14.3. The molecule has 0 bridgehead atoms. The molecule has 0 saturated heterocycles. The van der Waals surface area contributed by atoms with Crippen molar-refractivity contribution in [2.75, 3.05) is 6.54 Å². The first-order valence-electron chi connectivity index (χ1n) is 6.45. The van der Waals surface area contributed by atoms with E-state index in [0.717, 1.165) is 6.07 Å². The summed E-state index contributed by atoms with van der Waals surface area (Å²) in [6.45, 7) is 1.78. The molecule has 6 heteroatoms. The summed E-state index contributed by atoms with van der Waals surface area (Å²) in [6.07, 6.45) is -0.381. The lowest BCUT2D eigenvalue weighted by molar-refractivity contribution is 0.225. The maximum absolute atomic E-state index is 13.5. The smallest absolute Gasteiger partial charge is 0.243 e. The van der Waals surface area contributed by atoms with E-state index in [1.807, 2.05) is 18.2 Å². The molecule has 0 aliphatic heterocycles. The Morgan fingerprint density at radius 1 is 1.10 bits per heavy atom. The molecule has 0 heterocycles. The Labute approximate surface area is 123 Å². The van der Waals surface area contributed by atoms with Crippen molar-refractivity contribution in [2.45, 2.75) is 17.9 Å². The molecule has 2 aromatic carbocycles. The standard InChI is InChI=1S/C15H16FNO3S/c1-12(20-13-7-3-2-4-8-13)11-17-21(18,19)15-10-6-5-9-14(15)16/h2-10,12,17H,11H2,1H3. The van der Waals surface area contributed by atoms with Gasteiger partial charge in [-0.3, -0.25) is 0 Å². The van der Waals surface area contributed by atoms with Gasteiger partial charge in [0.25, 0.3) is 0 Å². The highest BCUT2D eigenvalue weighted by atomic mass is 32.2. The summed E-state index contributed by atoms with van der Waals surface area (Å²) in [7, 11) is -3.88. The number of ether oxygens (including phenoxy) is 1. The van der Waals surface area contributed by atoms with E-state index in [1.165, 1.54) is 18.2 Å². The van der Waals surface area contributed by atoms with Crippen molar-refractivity contribution in [1.82, 2.24) is 4.72 Å². The van der Waals surface area contributed by atoms with Crippen LogP contribution in [-0.2, 0) is 10.0 Å². The highest BCUT2D eigenvalue weighted by Gasteiger charge is 2.19. The van der Waals surface area contributed by atoms with Gasteiger partial charge >= 0.3 is 0 Å². The number of hydrogen-bond donors (Lipinski definition) is 1. The highest BCUT2D eigenvalue weighted by molar-refractivity contribution is 7.89. The van der Waals surface area contributed by atoms with E-state index < -0.39 is 15.8 Å². The molecule has 0 fully saturated rings. The van der Waals surface area contributed by atoms with Crippen LogP contribution in [0.25, 0.3) is 0 Å². The van der Waals surface area contributed by atoms with Gasteiger partial charge in [0.1, 0.15) is 22.6 Å². The third-order valence-corrected chi connectivity index (χ3v) is 4.22. The lowest BCUT2D eigenvalue weighted by atomic mass is 10.3. The minimum Gasteiger partial charge on any atom is -0.489 e. The van der Waals surface area contributed by atoms with Crippen molar-refractivity contribution in [1.29, 1.82) is 0 Å². The van der Waals surface area contributed by atoms with Gasteiger partial charge in [0, 0.05) is 6.54 Å². The number of halogens is 1. The third-order valence-electron chi connectivity index (χ3n) is 2.77. The van der Waals surface area contributed by atoms with Crippen LogP contribution in [0.1, 0.15) is 6.92 Å². The summed E-state index contributed by atoms with van der Waals surface area (Å²) in [5.74, 6) is -0.128. The van der Waals surface area contributed by atoms with E-state index in [9.17, 15) is 12.8 Å². The molecule has 2 rings (SSSR count). The molecule has 0 aliphatic carbocycles. The Morgan fingerprint density at radius 3 is 2.38 bits per heavy atom. The van der Waals surface area contributed by atoms with Gasteiger partial charge in [0.2, 0.25) is 10.0 Å². The SMILES string of the molecule is CC(CNS(=O)(=O)c1ccccc1F)Oc1ccccc1. The van der Waals surface area contributed by atoms with Crippen molar-refractivity contribution in [3.8, 4) is 5.75 Å². The van der Waals surface area contributed by atoms with Crippen LogP contribution in [0, 0.1) is 5.82 Å². The van der Waals surface area contributed by atoms with E-state index in [-0.39, 0.29) is 17.5 Å². The quantitative estimate of drug-likeness (QED) is 0.892. The zero-order valence-corrected chi connectivity index (χ0v) is 12.3. The second kappa shape index (κ2) is 6.69. The van der Waals surface area contributed by atoms with Crippen molar-refractivity contribution in [2.24, 2.45) is 0 Å². The summed E-state index contributed by atoms with van der Waals surface area (Å²) in [5, 5.41) is 0.